The molecule has 0 aliphatic heterocycles. The third kappa shape index (κ3) is 4.26. The van der Waals surface area contributed by atoms with Crippen molar-refractivity contribution in [2.75, 3.05) is 0 Å². The molecule has 0 amide bonds. The summed E-state index contributed by atoms with van der Waals surface area (Å²) in [6, 6.07) is 19.8. The second-order valence-corrected chi connectivity index (χ2v) is 10.4. The molecule has 0 fully saturated rings. The Morgan fingerprint density at radius 2 is 1.78 bits per heavy atom. The maximum Gasteiger partial charge on any atom is 0.307 e. The van der Waals surface area contributed by atoms with E-state index in [0.29, 0.717) is 5.02 Å². The average Bonchev–Trinajstić information content (AvgIpc) is 3.48. The van der Waals surface area contributed by atoms with E-state index in [1.165, 1.54) is 11.3 Å². The first-order valence-electron chi connectivity index (χ1n) is 11.7. The number of thiazole rings is 1. The van der Waals surface area contributed by atoms with Crippen LogP contribution in [0.2, 0.25) is 5.02 Å². The van der Waals surface area contributed by atoms with Crippen molar-refractivity contribution in [3.63, 3.8) is 0 Å². The third-order valence-corrected chi connectivity index (χ3v) is 7.89. The van der Waals surface area contributed by atoms with E-state index in [4.69, 9.17) is 16.6 Å². The average molecular weight is 525 g/mol. The molecule has 8 heteroatoms. The molecule has 0 saturated carbocycles. The quantitative estimate of drug-likeness (QED) is 0.258. The summed E-state index contributed by atoms with van der Waals surface area (Å²) in [7, 11) is 1.93. The zero-order valence-corrected chi connectivity index (χ0v) is 21.6. The minimum absolute atomic E-state index is 0.0719. The molecule has 6 aromatic rings. The van der Waals surface area contributed by atoms with E-state index in [1.54, 1.807) is 6.20 Å². The molecule has 37 heavy (non-hydrogen) atoms. The van der Waals surface area contributed by atoms with Crippen LogP contribution in [-0.2, 0) is 18.3 Å². The van der Waals surface area contributed by atoms with Crippen molar-refractivity contribution in [2.45, 2.75) is 13.3 Å². The molecule has 0 saturated heterocycles. The summed E-state index contributed by atoms with van der Waals surface area (Å²) in [4.78, 5) is 21.3. The lowest BCUT2D eigenvalue weighted by Crippen LogP contribution is -2.04. The molecule has 0 spiro atoms. The smallest absolute Gasteiger partial charge is 0.307 e. The zero-order chi connectivity index (χ0) is 25.7. The van der Waals surface area contributed by atoms with Crippen molar-refractivity contribution < 1.29 is 9.90 Å². The minimum atomic E-state index is -0.873. The molecule has 6 rings (SSSR count). The van der Waals surface area contributed by atoms with Gasteiger partial charge in [-0.05, 0) is 77.2 Å². The van der Waals surface area contributed by atoms with Gasteiger partial charge in [-0.2, -0.15) is 5.10 Å². The fourth-order valence-electron chi connectivity index (χ4n) is 4.72. The van der Waals surface area contributed by atoms with Crippen LogP contribution < -0.4 is 0 Å². The first-order valence-corrected chi connectivity index (χ1v) is 12.9. The van der Waals surface area contributed by atoms with Crippen LogP contribution >= 0.6 is 22.9 Å². The van der Waals surface area contributed by atoms with Gasteiger partial charge in [-0.15, -0.1) is 11.3 Å². The van der Waals surface area contributed by atoms with Crippen molar-refractivity contribution >= 4 is 50.0 Å². The van der Waals surface area contributed by atoms with Crippen LogP contribution in [0.3, 0.4) is 0 Å². The molecule has 3 aromatic carbocycles. The number of hydrogen-bond acceptors (Lipinski definition) is 5. The molecule has 6 nitrogen and oxygen atoms in total. The van der Waals surface area contributed by atoms with Gasteiger partial charge in [0, 0.05) is 29.2 Å². The fourth-order valence-corrected chi connectivity index (χ4v) is 5.95. The predicted molar refractivity (Wildman–Crippen MR) is 149 cm³/mol. The van der Waals surface area contributed by atoms with Crippen molar-refractivity contribution in [2.24, 2.45) is 7.05 Å². The normalized spacial score (nSPS) is 11.4. The Bertz CT molecular complexity index is 1820. The number of pyridine rings is 1. The Morgan fingerprint density at radius 1 is 1.03 bits per heavy atom. The molecular weight excluding hydrogens is 504 g/mol. The number of aryl methyl sites for hydroxylation is 2. The summed E-state index contributed by atoms with van der Waals surface area (Å²) in [5.41, 5.74) is 8.25. The molecule has 3 aromatic heterocycles. The highest BCUT2D eigenvalue weighted by atomic mass is 35.5. The zero-order valence-electron chi connectivity index (χ0n) is 20.1. The Hall–Kier alpha value is -4.07. The number of halogens is 1. The molecule has 0 aliphatic carbocycles. The molecule has 3 heterocycles. The summed E-state index contributed by atoms with van der Waals surface area (Å²) >= 11 is 7.66. The summed E-state index contributed by atoms with van der Waals surface area (Å²) in [6.45, 7) is 1.93. The van der Waals surface area contributed by atoms with Gasteiger partial charge in [0.1, 0.15) is 5.01 Å². The third-order valence-electron chi connectivity index (χ3n) is 6.53. The molecule has 182 valence electrons. The van der Waals surface area contributed by atoms with Crippen LogP contribution in [0.5, 0.6) is 0 Å². The largest absolute Gasteiger partial charge is 0.481 e. The molecular formula is C29H21ClN4O2S. The van der Waals surface area contributed by atoms with E-state index in [1.807, 2.05) is 67.3 Å². The van der Waals surface area contributed by atoms with E-state index in [9.17, 15) is 9.90 Å². The van der Waals surface area contributed by atoms with E-state index in [0.717, 1.165) is 65.2 Å². The van der Waals surface area contributed by atoms with Crippen LogP contribution in [0.1, 0.15) is 11.1 Å². The van der Waals surface area contributed by atoms with Gasteiger partial charge in [0.25, 0.3) is 0 Å². The van der Waals surface area contributed by atoms with E-state index in [-0.39, 0.29) is 6.42 Å². The topological polar surface area (TPSA) is 80.9 Å². The van der Waals surface area contributed by atoms with Crippen LogP contribution in [-0.4, -0.2) is 30.8 Å². The predicted octanol–water partition coefficient (Wildman–Crippen LogP) is 7.17. The second kappa shape index (κ2) is 9.10. The summed E-state index contributed by atoms with van der Waals surface area (Å²) in [5, 5.41) is 16.4. The molecule has 0 atom stereocenters. The first kappa shape index (κ1) is 23.3. The van der Waals surface area contributed by atoms with Crippen molar-refractivity contribution in [3.05, 3.63) is 89.2 Å². The number of rotatable bonds is 5. The number of aromatic nitrogens is 4. The maximum atomic E-state index is 11.7. The van der Waals surface area contributed by atoms with Gasteiger partial charge < -0.3 is 5.11 Å². The number of hydrogen-bond donors (Lipinski definition) is 1. The van der Waals surface area contributed by atoms with Gasteiger partial charge in [-0.3, -0.25) is 14.5 Å². The maximum absolute atomic E-state index is 11.7. The van der Waals surface area contributed by atoms with E-state index in [2.05, 4.69) is 28.3 Å². The van der Waals surface area contributed by atoms with Gasteiger partial charge in [0.05, 0.1) is 34.0 Å². The van der Waals surface area contributed by atoms with Gasteiger partial charge in [0.15, 0.2) is 0 Å². The SMILES string of the molecule is Cc1cc2nc(-c3cc(-c4ccc5c(cnn5C)c4)ccn3)sc2c(-c2ccc(Cl)cc2)c1CC(=O)O. The van der Waals surface area contributed by atoms with Crippen molar-refractivity contribution in [1.82, 2.24) is 19.7 Å². The highest BCUT2D eigenvalue weighted by Gasteiger charge is 2.20. The van der Waals surface area contributed by atoms with Crippen LogP contribution in [0, 0.1) is 6.92 Å². The standard InChI is InChI=1S/C29H21ClN4O2S/c1-16-11-23-28(27(22(16)14-26(35)36)17-3-6-21(30)7-4-17)37-29(33-23)24-13-19(9-10-31-24)18-5-8-25-20(12-18)15-32-34(25)2/h3-13,15H,14H2,1-2H3,(H,35,36). The first-order chi connectivity index (χ1) is 17.9. The highest BCUT2D eigenvalue weighted by Crippen LogP contribution is 2.41. The van der Waals surface area contributed by atoms with Crippen molar-refractivity contribution in [3.8, 4) is 33.0 Å². The lowest BCUT2D eigenvalue weighted by molar-refractivity contribution is -0.136. The fraction of sp³-hybridized carbons (Fsp3) is 0.103. The number of carbonyl (C=O) groups is 1. The van der Waals surface area contributed by atoms with Gasteiger partial charge >= 0.3 is 5.97 Å². The summed E-state index contributed by atoms with van der Waals surface area (Å²) < 4.78 is 2.79. The Morgan fingerprint density at radius 3 is 2.57 bits per heavy atom. The Kier molecular flexibility index (Phi) is 5.74. The van der Waals surface area contributed by atoms with Crippen LogP contribution in [0.15, 0.2) is 73.1 Å². The van der Waals surface area contributed by atoms with Crippen molar-refractivity contribution in [1.29, 1.82) is 0 Å². The number of aliphatic carboxylic acids is 1. The van der Waals surface area contributed by atoms with Crippen LogP contribution in [0.25, 0.3) is 54.1 Å². The molecule has 0 aliphatic rings. The molecule has 0 bridgehead atoms. The minimum Gasteiger partial charge on any atom is -0.481 e. The number of nitrogens with zero attached hydrogens (tertiary/aromatic N) is 4. The van der Waals surface area contributed by atoms with Gasteiger partial charge in [0.2, 0.25) is 0 Å². The monoisotopic (exact) mass is 524 g/mol. The van der Waals surface area contributed by atoms with Gasteiger partial charge in [-0.25, -0.2) is 4.98 Å². The van der Waals surface area contributed by atoms with Gasteiger partial charge in [-0.1, -0.05) is 29.8 Å². The molecule has 1 N–H and O–H groups in total. The van der Waals surface area contributed by atoms with Crippen LogP contribution in [0.4, 0.5) is 0 Å². The lowest BCUT2D eigenvalue weighted by Gasteiger charge is -2.13. The number of carboxylic acids is 1. The molecule has 0 radical (unpaired) electrons. The summed E-state index contributed by atoms with van der Waals surface area (Å²) in [6.07, 6.45) is 3.59. The lowest BCUT2D eigenvalue weighted by atomic mass is 9.93. The second-order valence-electron chi connectivity index (χ2n) is 8.96. The Labute approximate surface area is 221 Å². The Balaban J connectivity index is 1.50. The molecule has 0 unspecified atom stereocenters. The van der Waals surface area contributed by atoms with E-state index >= 15 is 0 Å². The number of carboxylic acid groups (broad SMARTS) is 1. The summed E-state index contributed by atoms with van der Waals surface area (Å²) in [5.74, 6) is -0.873. The highest BCUT2D eigenvalue weighted by molar-refractivity contribution is 7.22. The van der Waals surface area contributed by atoms with E-state index < -0.39 is 5.97 Å². The number of benzene rings is 3. The number of fused-ring (bicyclic) bond motifs is 2.